The molecule has 0 amide bonds. The van der Waals surface area contributed by atoms with Crippen LogP contribution in [0.4, 0.5) is 0 Å². The number of nitrogens with zero attached hydrogens (tertiary/aromatic N) is 2. The molecule has 3 heteroatoms. The number of aliphatic hydroxyl groups is 1. The van der Waals surface area contributed by atoms with Gasteiger partial charge in [0.15, 0.2) is 0 Å². The van der Waals surface area contributed by atoms with Gasteiger partial charge in [0.2, 0.25) is 0 Å². The van der Waals surface area contributed by atoms with E-state index in [4.69, 9.17) is 0 Å². The predicted octanol–water partition coefficient (Wildman–Crippen LogP) is 3.81. The van der Waals surface area contributed by atoms with E-state index in [1.165, 1.54) is 27.8 Å². The first-order valence-corrected chi connectivity index (χ1v) is 10.1. The molecule has 2 aliphatic rings. The SMILES string of the molecule is Cc1ccc(C)c(CN2CCC3(CC2)c2ccccc2[C@@H](N(C)C)[C@@H]3O)c1. The van der Waals surface area contributed by atoms with Crippen LogP contribution in [0.15, 0.2) is 42.5 Å². The fraction of sp³-hybridized carbons (Fsp3) is 0.500. The summed E-state index contributed by atoms with van der Waals surface area (Å²) in [4.78, 5) is 4.74. The molecule has 4 rings (SSSR count). The Morgan fingerprint density at radius 2 is 1.78 bits per heavy atom. The zero-order chi connectivity index (χ0) is 19.2. The van der Waals surface area contributed by atoms with Gasteiger partial charge in [0, 0.05) is 12.0 Å². The Hall–Kier alpha value is -1.68. The van der Waals surface area contributed by atoms with Gasteiger partial charge in [-0.2, -0.15) is 0 Å². The summed E-state index contributed by atoms with van der Waals surface area (Å²) < 4.78 is 0. The summed E-state index contributed by atoms with van der Waals surface area (Å²) in [6, 6.07) is 15.5. The van der Waals surface area contributed by atoms with Gasteiger partial charge in [-0.15, -0.1) is 0 Å². The molecule has 1 N–H and O–H groups in total. The average molecular weight is 365 g/mol. The van der Waals surface area contributed by atoms with Crippen LogP contribution in [-0.2, 0) is 12.0 Å². The molecule has 0 radical (unpaired) electrons. The van der Waals surface area contributed by atoms with E-state index in [0.717, 1.165) is 32.5 Å². The molecule has 1 aliphatic carbocycles. The molecular weight excluding hydrogens is 332 g/mol. The van der Waals surface area contributed by atoms with Crippen LogP contribution in [0.3, 0.4) is 0 Å². The van der Waals surface area contributed by atoms with Gasteiger partial charge in [0.1, 0.15) is 0 Å². The molecule has 0 bridgehead atoms. The van der Waals surface area contributed by atoms with Crippen molar-refractivity contribution in [2.75, 3.05) is 27.2 Å². The Morgan fingerprint density at radius 3 is 2.48 bits per heavy atom. The summed E-state index contributed by atoms with van der Waals surface area (Å²) in [6.45, 7) is 7.47. The van der Waals surface area contributed by atoms with E-state index >= 15 is 0 Å². The Balaban J connectivity index is 1.55. The van der Waals surface area contributed by atoms with E-state index in [-0.39, 0.29) is 17.6 Å². The molecule has 1 spiro atoms. The van der Waals surface area contributed by atoms with Crippen molar-refractivity contribution >= 4 is 0 Å². The molecule has 1 heterocycles. The summed E-state index contributed by atoms with van der Waals surface area (Å²) in [7, 11) is 4.17. The van der Waals surface area contributed by atoms with Crippen molar-refractivity contribution in [3.05, 3.63) is 70.3 Å². The molecule has 0 unspecified atom stereocenters. The van der Waals surface area contributed by atoms with E-state index in [0.29, 0.717) is 0 Å². The molecule has 0 saturated carbocycles. The smallest absolute Gasteiger partial charge is 0.0834 e. The zero-order valence-corrected chi connectivity index (χ0v) is 17.1. The molecule has 144 valence electrons. The second-order valence-electron chi connectivity index (χ2n) is 8.80. The highest BCUT2D eigenvalue weighted by Gasteiger charge is 2.52. The third-order valence-electron chi connectivity index (χ3n) is 6.88. The summed E-state index contributed by atoms with van der Waals surface area (Å²) in [6.07, 6.45) is 1.73. The summed E-state index contributed by atoms with van der Waals surface area (Å²) in [5.41, 5.74) is 6.74. The number of likely N-dealkylation sites (tertiary alicyclic amines) is 1. The lowest BCUT2D eigenvalue weighted by Crippen LogP contribution is -2.49. The topological polar surface area (TPSA) is 26.7 Å². The molecule has 3 nitrogen and oxygen atoms in total. The molecule has 2 atom stereocenters. The lowest BCUT2D eigenvalue weighted by Gasteiger charge is -2.43. The van der Waals surface area contributed by atoms with Crippen molar-refractivity contribution in [1.29, 1.82) is 0 Å². The van der Waals surface area contributed by atoms with E-state index in [1.54, 1.807) is 0 Å². The average Bonchev–Trinajstić information content (AvgIpc) is 2.89. The number of benzene rings is 2. The lowest BCUT2D eigenvalue weighted by molar-refractivity contribution is -0.00395. The van der Waals surface area contributed by atoms with Crippen LogP contribution in [-0.4, -0.2) is 48.2 Å². The van der Waals surface area contributed by atoms with Gasteiger partial charge in [-0.3, -0.25) is 4.90 Å². The fourth-order valence-electron chi connectivity index (χ4n) is 5.29. The van der Waals surface area contributed by atoms with Crippen molar-refractivity contribution in [2.45, 2.75) is 50.8 Å². The van der Waals surface area contributed by atoms with Gasteiger partial charge < -0.3 is 10.0 Å². The first kappa shape index (κ1) is 18.7. The van der Waals surface area contributed by atoms with E-state index in [1.807, 2.05) is 0 Å². The van der Waals surface area contributed by atoms with Crippen LogP contribution in [0, 0.1) is 13.8 Å². The monoisotopic (exact) mass is 364 g/mol. The van der Waals surface area contributed by atoms with Gasteiger partial charge in [0.05, 0.1) is 12.1 Å². The van der Waals surface area contributed by atoms with Gasteiger partial charge in [-0.05, 0) is 76.1 Å². The maximum absolute atomic E-state index is 11.4. The summed E-state index contributed by atoms with van der Waals surface area (Å²) in [5.74, 6) is 0. The number of hydrogen-bond donors (Lipinski definition) is 1. The summed E-state index contributed by atoms with van der Waals surface area (Å²) in [5, 5.41) is 11.4. The first-order valence-electron chi connectivity index (χ1n) is 10.1. The highest BCUT2D eigenvalue weighted by atomic mass is 16.3. The maximum Gasteiger partial charge on any atom is 0.0834 e. The standard InChI is InChI=1S/C24H32N2O/c1-17-9-10-18(2)19(15-17)16-26-13-11-24(12-14-26)21-8-6-5-7-20(21)22(23(24)27)25(3)4/h5-10,15,22-23,27H,11-14,16H2,1-4H3/t22-,23+/m1/s1. The Morgan fingerprint density at radius 1 is 1.07 bits per heavy atom. The van der Waals surface area contributed by atoms with Crippen molar-refractivity contribution in [1.82, 2.24) is 9.80 Å². The molecule has 1 saturated heterocycles. The highest BCUT2D eigenvalue weighted by molar-refractivity contribution is 5.45. The minimum absolute atomic E-state index is 0.0936. The van der Waals surface area contributed by atoms with Crippen LogP contribution < -0.4 is 0 Å². The van der Waals surface area contributed by atoms with Crippen LogP contribution >= 0.6 is 0 Å². The lowest BCUT2D eigenvalue weighted by atomic mass is 9.72. The first-order chi connectivity index (χ1) is 12.9. The van der Waals surface area contributed by atoms with Crippen LogP contribution in [0.5, 0.6) is 0 Å². The minimum atomic E-state index is -0.326. The third kappa shape index (κ3) is 3.12. The molecule has 2 aromatic carbocycles. The molecule has 27 heavy (non-hydrogen) atoms. The van der Waals surface area contributed by atoms with E-state index in [2.05, 4.69) is 80.2 Å². The predicted molar refractivity (Wildman–Crippen MR) is 111 cm³/mol. The van der Waals surface area contributed by atoms with Crippen LogP contribution in [0.1, 0.15) is 46.7 Å². The van der Waals surface area contributed by atoms with Gasteiger partial charge >= 0.3 is 0 Å². The van der Waals surface area contributed by atoms with Crippen LogP contribution in [0.25, 0.3) is 0 Å². The number of aryl methyl sites for hydroxylation is 2. The van der Waals surface area contributed by atoms with Crippen molar-refractivity contribution in [2.24, 2.45) is 0 Å². The van der Waals surface area contributed by atoms with Crippen molar-refractivity contribution < 1.29 is 5.11 Å². The van der Waals surface area contributed by atoms with Gasteiger partial charge in [0.25, 0.3) is 0 Å². The van der Waals surface area contributed by atoms with E-state index in [9.17, 15) is 5.11 Å². The zero-order valence-electron chi connectivity index (χ0n) is 17.1. The summed E-state index contributed by atoms with van der Waals surface area (Å²) >= 11 is 0. The largest absolute Gasteiger partial charge is 0.390 e. The second-order valence-corrected chi connectivity index (χ2v) is 8.80. The number of likely N-dealkylation sites (N-methyl/N-ethyl adjacent to an activating group) is 1. The maximum atomic E-state index is 11.4. The van der Waals surface area contributed by atoms with Gasteiger partial charge in [-0.1, -0.05) is 48.0 Å². The number of rotatable bonds is 3. The Bertz CT molecular complexity index is 821. The molecule has 2 aromatic rings. The molecule has 1 aliphatic heterocycles. The molecule has 1 fully saturated rings. The minimum Gasteiger partial charge on any atom is -0.390 e. The number of aliphatic hydroxyl groups excluding tert-OH is 1. The van der Waals surface area contributed by atoms with Crippen molar-refractivity contribution in [3.63, 3.8) is 0 Å². The number of hydrogen-bond acceptors (Lipinski definition) is 3. The van der Waals surface area contributed by atoms with Gasteiger partial charge in [-0.25, -0.2) is 0 Å². The number of fused-ring (bicyclic) bond motifs is 2. The highest BCUT2D eigenvalue weighted by Crippen LogP contribution is 2.52. The van der Waals surface area contributed by atoms with Crippen molar-refractivity contribution in [3.8, 4) is 0 Å². The number of piperidine rings is 1. The third-order valence-corrected chi connectivity index (χ3v) is 6.88. The normalized spacial score (nSPS) is 24.5. The quantitative estimate of drug-likeness (QED) is 0.897. The Kier molecular flexibility index (Phi) is 4.87. The van der Waals surface area contributed by atoms with E-state index < -0.39 is 0 Å². The Labute approximate surface area is 163 Å². The molecule has 0 aromatic heterocycles. The van der Waals surface area contributed by atoms with Crippen LogP contribution in [0.2, 0.25) is 0 Å². The fourth-order valence-corrected chi connectivity index (χ4v) is 5.29. The molecular formula is C24H32N2O. The second kappa shape index (κ2) is 7.05.